The van der Waals surface area contributed by atoms with Gasteiger partial charge in [-0.15, -0.1) is 0 Å². The molecule has 248 valence electrons. The number of nitrogens with zero attached hydrogens (tertiary/aromatic N) is 1. The number of aliphatic hydroxyl groups excluding tert-OH is 1. The summed E-state index contributed by atoms with van der Waals surface area (Å²) in [6, 6.07) is 6.02. The van der Waals surface area contributed by atoms with Crippen molar-refractivity contribution in [3.8, 4) is 0 Å². The van der Waals surface area contributed by atoms with Crippen molar-refractivity contribution in [2.24, 2.45) is 28.6 Å². The van der Waals surface area contributed by atoms with Crippen LogP contribution in [0.4, 0.5) is 4.39 Å². The van der Waals surface area contributed by atoms with Crippen molar-refractivity contribution in [3.05, 3.63) is 59.2 Å². The van der Waals surface area contributed by atoms with Crippen LogP contribution >= 0.6 is 0 Å². The van der Waals surface area contributed by atoms with Crippen LogP contribution in [0.1, 0.15) is 87.7 Å². The van der Waals surface area contributed by atoms with Crippen LogP contribution in [0.15, 0.2) is 48.1 Å². The third-order valence-electron chi connectivity index (χ3n) is 11.8. The maximum absolute atomic E-state index is 17.7. The van der Waals surface area contributed by atoms with Crippen molar-refractivity contribution in [1.82, 2.24) is 5.39 Å². The van der Waals surface area contributed by atoms with Crippen molar-refractivity contribution < 1.29 is 53.4 Å². The van der Waals surface area contributed by atoms with Crippen molar-refractivity contribution in [2.45, 2.75) is 89.2 Å². The molecule has 1 aromatic carbocycles. The van der Waals surface area contributed by atoms with E-state index in [1.165, 1.54) is 24.3 Å². The molecule has 0 radical (unpaired) electrons. The van der Waals surface area contributed by atoms with Gasteiger partial charge in [0.1, 0.15) is 6.10 Å². The molecule has 4 aliphatic carbocycles. The molecule has 0 amide bonds. The third kappa shape index (κ3) is 4.71. The number of hydrogen-bond acceptors (Lipinski definition) is 11. The first-order chi connectivity index (χ1) is 21.7. The number of aliphatic hydroxyl groups is 1. The molecule has 2 heterocycles. The number of halogens is 1. The molecule has 9 atom stereocenters. The number of carbonyl (C=O) groups is 4. The maximum Gasteiger partial charge on any atom is 0.338 e. The Morgan fingerprint density at radius 2 is 1.74 bits per heavy atom. The Labute approximate surface area is 265 Å². The normalized spacial score (nSPS) is 41.2. The number of hydrogen-bond donors (Lipinski definition) is 3. The van der Waals surface area contributed by atoms with E-state index in [0.717, 1.165) is 0 Å². The predicted octanol–water partition coefficient (Wildman–Crippen LogP) is 4.55. The third-order valence-corrected chi connectivity index (χ3v) is 11.8. The lowest BCUT2D eigenvalue weighted by Gasteiger charge is -2.62. The van der Waals surface area contributed by atoms with Gasteiger partial charge in [0.05, 0.1) is 17.1 Å². The van der Waals surface area contributed by atoms with E-state index in [2.05, 4.69) is 0 Å². The first-order valence-corrected chi connectivity index (χ1v) is 15.9. The summed E-state index contributed by atoms with van der Waals surface area (Å²) in [6.45, 7) is 4.54. The van der Waals surface area contributed by atoms with Gasteiger partial charge in [-0.2, -0.15) is 0 Å². The number of alkyl halides is 1. The predicted molar refractivity (Wildman–Crippen MR) is 157 cm³/mol. The monoisotopic (exact) mass is 641 g/mol. The van der Waals surface area contributed by atoms with E-state index in [9.17, 15) is 34.7 Å². The Morgan fingerprint density at radius 1 is 1.02 bits per heavy atom. The summed E-state index contributed by atoms with van der Waals surface area (Å²) in [7, 11) is 0. The molecule has 6 aliphatic rings. The van der Waals surface area contributed by atoms with Gasteiger partial charge >= 0.3 is 11.9 Å². The van der Waals surface area contributed by atoms with Crippen LogP contribution in [0.2, 0.25) is 0 Å². The number of fused-ring (bicyclic) bond motifs is 15. The molecule has 0 aromatic heterocycles. The van der Waals surface area contributed by atoms with Gasteiger partial charge < -0.3 is 14.6 Å². The second-order valence-corrected chi connectivity index (χ2v) is 14.0. The lowest BCUT2D eigenvalue weighted by Crippen LogP contribution is -2.70. The maximum atomic E-state index is 17.7. The average Bonchev–Trinajstić information content (AvgIpc) is 3.21. The van der Waals surface area contributed by atoms with Gasteiger partial charge in [0.25, 0.3) is 0 Å². The molecule has 3 fully saturated rings. The first kappa shape index (κ1) is 32.6. The van der Waals surface area contributed by atoms with E-state index in [4.69, 9.17) is 14.3 Å². The minimum absolute atomic E-state index is 0.137. The molecule has 2 aliphatic heterocycles. The second kappa shape index (κ2) is 11.4. The highest BCUT2D eigenvalue weighted by Gasteiger charge is 2.77. The first-order valence-electron chi connectivity index (χ1n) is 15.9. The molecule has 3 N–H and O–H groups in total. The molecule has 3 saturated carbocycles. The lowest BCUT2D eigenvalue weighted by molar-refractivity contribution is -0.507. The number of carbonyl (C=O) groups excluding carboxylic acids is 4. The van der Waals surface area contributed by atoms with Crippen LogP contribution in [0.3, 0.4) is 0 Å². The van der Waals surface area contributed by atoms with E-state index in [1.807, 2.05) is 0 Å². The van der Waals surface area contributed by atoms with Crippen LogP contribution < -0.4 is 0 Å². The number of Topliss-reactive ketones (excluding diaryl/α,β-unsaturated/α-hetero) is 1. The van der Waals surface area contributed by atoms with Gasteiger partial charge in [0.2, 0.25) is 5.78 Å². The summed E-state index contributed by atoms with van der Waals surface area (Å²) in [5.41, 5.74) is -5.15. The number of esters is 2. The van der Waals surface area contributed by atoms with E-state index < -0.39 is 81.8 Å². The van der Waals surface area contributed by atoms with Gasteiger partial charge in [-0.25, -0.2) is 14.0 Å². The molecular formula is C34H40FNO10. The molecule has 2 bridgehead atoms. The number of benzene rings is 1. The molecule has 0 saturated heterocycles. The van der Waals surface area contributed by atoms with Gasteiger partial charge in [-0.3, -0.25) is 24.8 Å². The fourth-order valence-electron chi connectivity index (χ4n) is 9.61. The fourth-order valence-corrected chi connectivity index (χ4v) is 9.61. The summed E-state index contributed by atoms with van der Waals surface area (Å²) in [5.74, 6) is -4.17. The molecular weight excluding hydrogens is 601 g/mol. The topological polar surface area (TPSA) is 160 Å². The zero-order valence-electron chi connectivity index (χ0n) is 26.1. The van der Waals surface area contributed by atoms with Gasteiger partial charge in [-0.1, -0.05) is 37.6 Å². The molecule has 1 aromatic rings. The minimum atomic E-state index is -2.14. The second-order valence-electron chi connectivity index (χ2n) is 14.0. The SMILES string of the molecule is C[C@H]1C[C@H]2C3CCC4=CC(=O)C=C[C@]4(C)[C@@]3(F)[C@@H](O)C[C@]2(C)[C@]12OC(=O)CCCC(ON(O)O)c1ccc(cc1)C(=O)OCC2=O. The van der Waals surface area contributed by atoms with E-state index in [-0.39, 0.29) is 37.0 Å². The Hall–Kier alpha value is -3.29. The zero-order valence-corrected chi connectivity index (χ0v) is 26.1. The van der Waals surface area contributed by atoms with Crippen molar-refractivity contribution in [1.29, 1.82) is 0 Å². The molecule has 12 heteroatoms. The van der Waals surface area contributed by atoms with Crippen LogP contribution in [0, 0.1) is 28.6 Å². The summed E-state index contributed by atoms with van der Waals surface area (Å²) < 4.78 is 29.4. The highest BCUT2D eigenvalue weighted by atomic mass is 19.1. The summed E-state index contributed by atoms with van der Waals surface area (Å²) in [4.78, 5) is 58.3. The van der Waals surface area contributed by atoms with E-state index >= 15 is 4.39 Å². The quantitative estimate of drug-likeness (QED) is 0.307. The van der Waals surface area contributed by atoms with E-state index in [1.54, 1.807) is 39.0 Å². The smallest absolute Gasteiger partial charge is 0.338 e. The van der Waals surface area contributed by atoms with Gasteiger partial charge in [0.15, 0.2) is 23.7 Å². The summed E-state index contributed by atoms with van der Waals surface area (Å²) >= 11 is 0. The van der Waals surface area contributed by atoms with Crippen molar-refractivity contribution >= 4 is 23.5 Å². The number of ether oxygens (including phenoxy) is 2. The Balaban J connectivity index is 1.37. The minimum Gasteiger partial charge on any atom is -0.454 e. The average molecular weight is 642 g/mol. The zero-order chi connectivity index (χ0) is 33.2. The van der Waals surface area contributed by atoms with Crippen LogP contribution in [-0.4, -0.2) is 68.4 Å². The molecule has 11 nitrogen and oxygen atoms in total. The van der Waals surface area contributed by atoms with Crippen LogP contribution in [0.25, 0.3) is 0 Å². The molecule has 2 unspecified atom stereocenters. The van der Waals surface area contributed by atoms with Gasteiger partial charge in [-0.05, 0) is 81.2 Å². The lowest BCUT2D eigenvalue weighted by atomic mass is 9.44. The molecule has 1 spiro atoms. The van der Waals surface area contributed by atoms with Crippen LogP contribution in [-0.2, 0) is 28.7 Å². The Kier molecular flexibility index (Phi) is 8.12. The van der Waals surface area contributed by atoms with Crippen molar-refractivity contribution in [2.75, 3.05) is 6.61 Å². The largest absolute Gasteiger partial charge is 0.454 e. The highest BCUT2D eigenvalue weighted by Crippen LogP contribution is 2.71. The highest BCUT2D eigenvalue weighted by molar-refractivity contribution is 6.01. The fraction of sp³-hybridized carbons (Fsp3) is 0.588. The van der Waals surface area contributed by atoms with E-state index in [0.29, 0.717) is 30.4 Å². The summed E-state index contributed by atoms with van der Waals surface area (Å²) in [5, 5.41) is 30.0. The summed E-state index contributed by atoms with van der Waals surface area (Å²) in [6.07, 6.45) is 2.99. The number of ketones is 2. The Bertz CT molecular complexity index is 1510. The number of allylic oxidation sites excluding steroid dienone is 4. The number of rotatable bonds is 2. The Morgan fingerprint density at radius 3 is 2.43 bits per heavy atom. The standard InChI is InChI=1S/C34H40FNO10/c1-19-15-25-24-12-11-22-16-23(37)13-14-31(22,2)33(24,35)27(38)17-32(25,3)34(19)28(39)18-44-30(41)21-9-7-20(8-10-21)26(46-36(42)43)5-4-6-29(40)45-34/h7-10,13-14,16,19,24-27,38,42-43H,4-6,11-12,15,17-18H2,1-3H3/t19-,24?,25-,26?,27-,31-,32-,33-,34-/m0/s1. The van der Waals surface area contributed by atoms with Crippen LogP contribution in [0.5, 0.6) is 0 Å². The molecule has 7 rings (SSSR count). The van der Waals surface area contributed by atoms with Gasteiger partial charge in [0, 0.05) is 29.1 Å². The van der Waals surface area contributed by atoms with Crippen molar-refractivity contribution in [3.63, 3.8) is 0 Å². The molecule has 46 heavy (non-hydrogen) atoms.